The molecule has 1 aromatic heterocycles. The molecule has 1 heterocycles. The van der Waals surface area contributed by atoms with Gasteiger partial charge in [-0.25, -0.2) is 4.98 Å². The monoisotopic (exact) mass is 351 g/mol. The van der Waals surface area contributed by atoms with Gasteiger partial charge < -0.3 is 10.4 Å². The van der Waals surface area contributed by atoms with E-state index in [4.69, 9.17) is 11.6 Å². The molecule has 0 saturated heterocycles. The standard InChI is InChI=1S/C18H26ClN3O2/c1-5-15-21-14-8-6-7-13(19)16(14)17(24)22(15)10-9-12(23)11-20-18(2,3)4/h6-8,12,20,23H,5,9-11H2,1-4H3. The minimum atomic E-state index is -0.525. The predicted octanol–water partition coefficient (Wildman–Crippen LogP) is 2.75. The number of nitrogens with one attached hydrogen (secondary N) is 1. The summed E-state index contributed by atoms with van der Waals surface area (Å²) in [4.78, 5) is 17.4. The second-order valence-corrected chi connectivity index (χ2v) is 7.45. The van der Waals surface area contributed by atoms with E-state index in [1.54, 1.807) is 22.8 Å². The average Bonchev–Trinajstić information content (AvgIpc) is 2.50. The number of fused-ring (bicyclic) bond motifs is 1. The van der Waals surface area contributed by atoms with Crippen LogP contribution in [0.15, 0.2) is 23.0 Å². The van der Waals surface area contributed by atoms with Gasteiger partial charge in [-0.2, -0.15) is 0 Å². The van der Waals surface area contributed by atoms with Crippen molar-refractivity contribution in [3.8, 4) is 0 Å². The molecule has 24 heavy (non-hydrogen) atoms. The van der Waals surface area contributed by atoms with Gasteiger partial charge in [0.05, 0.1) is 22.0 Å². The largest absolute Gasteiger partial charge is 0.392 e. The molecular weight excluding hydrogens is 326 g/mol. The summed E-state index contributed by atoms with van der Waals surface area (Å²) < 4.78 is 1.63. The molecular formula is C18H26ClN3O2. The van der Waals surface area contributed by atoms with Crippen molar-refractivity contribution in [2.45, 2.75) is 58.7 Å². The summed E-state index contributed by atoms with van der Waals surface area (Å²) in [5.41, 5.74) is 0.429. The number of rotatable bonds is 6. The van der Waals surface area contributed by atoms with Gasteiger partial charge in [-0.3, -0.25) is 9.36 Å². The second-order valence-electron chi connectivity index (χ2n) is 7.05. The molecule has 0 aliphatic carbocycles. The highest BCUT2D eigenvalue weighted by Crippen LogP contribution is 2.19. The van der Waals surface area contributed by atoms with Crippen LogP contribution in [0, 0.1) is 0 Å². The number of aliphatic hydroxyl groups excluding tert-OH is 1. The normalized spacial score (nSPS) is 13.4. The Morgan fingerprint density at radius 3 is 2.71 bits per heavy atom. The number of aliphatic hydroxyl groups is 1. The van der Waals surface area contributed by atoms with Crippen molar-refractivity contribution in [1.29, 1.82) is 0 Å². The van der Waals surface area contributed by atoms with E-state index in [1.165, 1.54) is 0 Å². The maximum absolute atomic E-state index is 12.8. The molecule has 0 radical (unpaired) electrons. The van der Waals surface area contributed by atoms with Crippen LogP contribution in [0.2, 0.25) is 5.02 Å². The molecule has 132 valence electrons. The highest BCUT2D eigenvalue weighted by Gasteiger charge is 2.15. The average molecular weight is 352 g/mol. The highest BCUT2D eigenvalue weighted by atomic mass is 35.5. The molecule has 1 unspecified atom stereocenters. The molecule has 6 heteroatoms. The lowest BCUT2D eigenvalue weighted by atomic mass is 10.1. The predicted molar refractivity (Wildman–Crippen MR) is 98.8 cm³/mol. The van der Waals surface area contributed by atoms with E-state index in [9.17, 15) is 9.90 Å². The smallest absolute Gasteiger partial charge is 0.262 e. The third kappa shape index (κ3) is 4.56. The number of aryl methyl sites for hydroxylation is 1. The topological polar surface area (TPSA) is 67.2 Å². The molecule has 0 bridgehead atoms. The summed E-state index contributed by atoms with van der Waals surface area (Å²) in [5.74, 6) is 0.714. The third-order valence-electron chi connectivity index (χ3n) is 3.88. The van der Waals surface area contributed by atoms with Crippen LogP contribution >= 0.6 is 11.6 Å². The zero-order valence-electron chi connectivity index (χ0n) is 14.8. The summed E-state index contributed by atoms with van der Waals surface area (Å²) in [7, 11) is 0. The van der Waals surface area contributed by atoms with Gasteiger partial charge in [0.15, 0.2) is 0 Å². The van der Waals surface area contributed by atoms with Gasteiger partial charge in [-0.05, 0) is 39.3 Å². The van der Waals surface area contributed by atoms with E-state index in [0.717, 1.165) is 0 Å². The third-order valence-corrected chi connectivity index (χ3v) is 4.20. The van der Waals surface area contributed by atoms with Crippen molar-refractivity contribution in [2.24, 2.45) is 0 Å². The van der Waals surface area contributed by atoms with Gasteiger partial charge in [0, 0.05) is 25.0 Å². The van der Waals surface area contributed by atoms with E-state index in [-0.39, 0.29) is 11.1 Å². The maximum Gasteiger partial charge on any atom is 0.262 e. The van der Waals surface area contributed by atoms with Crippen LogP contribution in [0.1, 0.15) is 39.9 Å². The van der Waals surface area contributed by atoms with Crippen molar-refractivity contribution >= 4 is 22.5 Å². The molecule has 0 amide bonds. The molecule has 0 aliphatic rings. The van der Waals surface area contributed by atoms with E-state index in [1.807, 2.05) is 6.92 Å². The molecule has 0 aliphatic heterocycles. The van der Waals surface area contributed by atoms with Gasteiger partial charge >= 0.3 is 0 Å². The lowest BCUT2D eigenvalue weighted by molar-refractivity contribution is 0.145. The van der Waals surface area contributed by atoms with Gasteiger partial charge in [0.2, 0.25) is 0 Å². The van der Waals surface area contributed by atoms with Gasteiger partial charge in [-0.15, -0.1) is 0 Å². The number of nitrogens with zero attached hydrogens (tertiary/aromatic N) is 2. The molecule has 1 atom stereocenters. The van der Waals surface area contributed by atoms with Crippen LogP contribution in [0.25, 0.3) is 10.9 Å². The Hall–Kier alpha value is -1.43. The number of halogens is 1. The molecule has 0 saturated carbocycles. The summed E-state index contributed by atoms with van der Waals surface area (Å²) in [6, 6.07) is 5.29. The Balaban J connectivity index is 2.23. The van der Waals surface area contributed by atoms with Crippen molar-refractivity contribution in [1.82, 2.24) is 14.9 Å². The van der Waals surface area contributed by atoms with Crippen LogP contribution in [0.5, 0.6) is 0 Å². The quantitative estimate of drug-likeness (QED) is 0.839. The Kier molecular flexibility index (Phi) is 6.01. The molecule has 1 aromatic carbocycles. The van der Waals surface area contributed by atoms with Crippen LogP contribution in [0.4, 0.5) is 0 Å². The molecule has 2 aromatic rings. The molecule has 0 spiro atoms. The van der Waals surface area contributed by atoms with Crippen molar-refractivity contribution < 1.29 is 5.11 Å². The minimum Gasteiger partial charge on any atom is -0.392 e. The molecule has 0 fully saturated rings. The first kappa shape index (κ1) is 18.9. The minimum absolute atomic E-state index is 0.0512. The zero-order valence-corrected chi connectivity index (χ0v) is 15.5. The van der Waals surface area contributed by atoms with Gasteiger partial charge in [0.1, 0.15) is 5.82 Å². The van der Waals surface area contributed by atoms with E-state index < -0.39 is 6.10 Å². The number of hydrogen-bond donors (Lipinski definition) is 2. The lowest BCUT2D eigenvalue weighted by Crippen LogP contribution is -2.41. The van der Waals surface area contributed by atoms with Crippen LogP contribution < -0.4 is 10.9 Å². The van der Waals surface area contributed by atoms with Gasteiger partial charge in [0.25, 0.3) is 5.56 Å². The number of benzene rings is 1. The first-order chi connectivity index (χ1) is 11.2. The molecule has 2 rings (SSSR count). The second kappa shape index (κ2) is 7.64. The fourth-order valence-corrected chi connectivity index (χ4v) is 2.82. The summed E-state index contributed by atoms with van der Waals surface area (Å²) >= 11 is 6.18. The van der Waals surface area contributed by atoms with Gasteiger partial charge in [-0.1, -0.05) is 24.6 Å². The Morgan fingerprint density at radius 2 is 2.08 bits per heavy atom. The van der Waals surface area contributed by atoms with Crippen molar-refractivity contribution in [3.63, 3.8) is 0 Å². The molecule has 2 N–H and O–H groups in total. The molecule has 5 nitrogen and oxygen atoms in total. The van der Waals surface area contributed by atoms with E-state index in [2.05, 4.69) is 31.1 Å². The van der Waals surface area contributed by atoms with Crippen LogP contribution in [0.3, 0.4) is 0 Å². The van der Waals surface area contributed by atoms with Crippen molar-refractivity contribution in [2.75, 3.05) is 6.54 Å². The van der Waals surface area contributed by atoms with E-state index >= 15 is 0 Å². The summed E-state index contributed by atoms with van der Waals surface area (Å²) in [6.45, 7) is 9.02. The van der Waals surface area contributed by atoms with Crippen LogP contribution in [-0.4, -0.2) is 32.8 Å². The summed E-state index contributed by atoms with van der Waals surface area (Å²) in [5, 5.41) is 14.3. The maximum atomic E-state index is 12.8. The SMILES string of the molecule is CCc1nc2cccc(Cl)c2c(=O)n1CCC(O)CNC(C)(C)C. The van der Waals surface area contributed by atoms with Crippen LogP contribution in [-0.2, 0) is 13.0 Å². The Morgan fingerprint density at radius 1 is 1.38 bits per heavy atom. The Labute approximate surface area is 147 Å². The van der Waals surface area contributed by atoms with E-state index in [0.29, 0.717) is 47.7 Å². The fraction of sp³-hybridized carbons (Fsp3) is 0.556. The zero-order chi connectivity index (χ0) is 17.9. The number of β-amino-alcohol motifs (C(OH)–C–C–N with tert-alkyl or cyclic N) is 1. The number of hydrogen-bond acceptors (Lipinski definition) is 4. The fourth-order valence-electron chi connectivity index (χ4n) is 2.57. The lowest BCUT2D eigenvalue weighted by Gasteiger charge is -2.23. The first-order valence-corrected chi connectivity index (χ1v) is 8.71. The van der Waals surface area contributed by atoms with Crippen molar-refractivity contribution in [3.05, 3.63) is 39.4 Å². The first-order valence-electron chi connectivity index (χ1n) is 8.34. The summed E-state index contributed by atoms with van der Waals surface area (Å²) in [6.07, 6.45) is 0.601. The number of aromatic nitrogens is 2. The highest BCUT2D eigenvalue weighted by molar-refractivity contribution is 6.35. The Bertz CT molecular complexity index is 765.